The van der Waals surface area contributed by atoms with Crippen molar-refractivity contribution in [2.24, 2.45) is 0 Å². The molecule has 0 spiro atoms. The third-order valence-corrected chi connectivity index (χ3v) is 7.42. The van der Waals surface area contributed by atoms with E-state index in [1.807, 2.05) is 50.2 Å². The van der Waals surface area contributed by atoms with Crippen LogP contribution in [0.15, 0.2) is 52.2 Å². The highest BCUT2D eigenvalue weighted by molar-refractivity contribution is 7.89. The average molecular weight is 385 g/mol. The van der Waals surface area contributed by atoms with Gasteiger partial charge in [0, 0.05) is 19.1 Å². The second-order valence-corrected chi connectivity index (χ2v) is 9.13. The number of hydrogen-bond donors (Lipinski definition) is 1. The molecular weight excluding hydrogens is 362 g/mol. The standard InChI is InChI=1S/C20H23N3O3S/c1-14-7-8-19(15(2)13-14)27(25,26)22-11-9-16(10-12-22)23-18-6-4-3-5-17(18)21-20(23)24/h3-8,13,16H,9-12H2,1-2H3,(H,21,24). The Morgan fingerprint density at radius 2 is 1.74 bits per heavy atom. The van der Waals surface area contributed by atoms with Gasteiger partial charge < -0.3 is 4.98 Å². The van der Waals surface area contributed by atoms with Crippen molar-refractivity contribution in [3.8, 4) is 0 Å². The molecule has 1 aliphatic heterocycles. The van der Waals surface area contributed by atoms with Crippen LogP contribution in [-0.2, 0) is 10.0 Å². The quantitative estimate of drug-likeness (QED) is 0.753. The molecule has 0 bridgehead atoms. The summed E-state index contributed by atoms with van der Waals surface area (Å²) < 4.78 is 29.4. The van der Waals surface area contributed by atoms with Gasteiger partial charge in [0.1, 0.15) is 0 Å². The van der Waals surface area contributed by atoms with Crippen LogP contribution in [0, 0.1) is 13.8 Å². The SMILES string of the molecule is Cc1ccc(S(=O)(=O)N2CCC(n3c(=O)[nH]c4ccccc43)CC2)c(C)c1. The number of nitrogens with one attached hydrogen (secondary N) is 1. The summed E-state index contributed by atoms with van der Waals surface area (Å²) in [6.07, 6.45) is 1.23. The maximum absolute atomic E-state index is 13.0. The summed E-state index contributed by atoms with van der Waals surface area (Å²) >= 11 is 0. The molecule has 0 saturated carbocycles. The fourth-order valence-corrected chi connectivity index (χ4v) is 5.68. The minimum absolute atomic E-state index is 0.000727. The highest BCUT2D eigenvalue weighted by Gasteiger charge is 2.31. The molecule has 1 aliphatic rings. The zero-order chi connectivity index (χ0) is 19.2. The van der Waals surface area contributed by atoms with E-state index < -0.39 is 10.0 Å². The van der Waals surface area contributed by atoms with Gasteiger partial charge in [-0.05, 0) is 50.5 Å². The van der Waals surface area contributed by atoms with Crippen molar-refractivity contribution in [2.75, 3.05) is 13.1 Å². The molecule has 2 aromatic carbocycles. The van der Waals surface area contributed by atoms with Crippen LogP contribution in [0.2, 0.25) is 0 Å². The van der Waals surface area contributed by atoms with E-state index in [0.717, 1.165) is 22.2 Å². The van der Waals surface area contributed by atoms with Gasteiger partial charge in [-0.25, -0.2) is 13.2 Å². The number of H-pyrrole nitrogens is 1. The van der Waals surface area contributed by atoms with Gasteiger partial charge in [-0.3, -0.25) is 4.57 Å². The van der Waals surface area contributed by atoms with E-state index >= 15 is 0 Å². The number of rotatable bonds is 3. The molecule has 27 heavy (non-hydrogen) atoms. The number of benzene rings is 2. The monoisotopic (exact) mass is 385 g/mol. The molecule has 2 heterocycles. The molecule has 0 atom stereocenters. The predicted molar refractivity (Wildman–Crippen MR) is 106 cm³/mol. The predicted octanol–water partition coefficient (Wildman–Crippen LogP) is 2.97. The molecule has 142 valence electrons. The van der Waals surface area contributed by atoms with Crippen LogP contribution in [0.5, 0.6) is 0 Å². The molecule has 1 saturated heterocycles. The first-order chi connectivity index (χ1) is 12.9. The second kappa shape index (κ2) is 6.65. The third kappa shape index (κ3) is 3.11. The molecular formula is C20H23N3O3S. The molecule has 0 unspecified atom stereocenters. The Morgan fingerprint density at radius 1 is 1.04 bits per heavy atom. The van der Waals surface area contributed by atoms with Crippen LogP contribution in [0.25, 0.3) is 11.0 Å². The van der Waals surface area contributed by atoms with Gasteiger partial charge in [-0.15, -0.1) is 0 Å². The van der Waals surface area contributed by atoms with Crippen LogP contribution in [0.1, 0.15) is 30.0 Å². The summed E-state index contributed by atoms with van der Waals surface area (Å²) in [6, 6.07) is 13.0. The summed E-state index contributed by atoms with van der Waals surface area (Å²) in [5, 5.41) is 0. The van der Waals surface area contributed by atoms with Gasteiger partial charge >= 0.3 is 5.69 Å². The van der Waals surface area contributed by atoms with Crippen molar-refractivity contribution >= 4 is 21.1 Å². The van der Waals surface area contributed by atoms with Crippen molar-refractivity contribution in [3.05, 3.63) is 64.1 Å². The number of sulfonamides is 1. The first-order valence-corrected chi connectivity index (χ1v) is 10.6. The zero-order valence-corrected chi connectivity index (χ0v) is 16.3. The number of piperidine rings is 1. The van der Waals surface area contributed by atoms with E-state index in [0.29, 0.717) is 30.8 Å². The van der Waals surface area contributed by atoms with Crippen molar-refractivity contribution in [1.82, 2.24) is 13.9 Å². The fraction of sp³-hybridized carbons (Fsp3) is 0.350. The van der Waals surface area contributed by atoms with E-state index in [2.05, 4.69) is 4.98 Å². The van der Waals surface area contributed by atoms with Gasteiger partial charge in [-0.1, -0.05) is 29.8 Å². The van der Waals surface area contributed by atoms with Crippen molar-refractivity contribution in [1.29, 1.82) is 0 Å². The van der Waals surface area contributed by atoms with Crippen LogP contribution in [0.3, 0.4) is 0 Å². The Kier molecular flexibility index (Phi) is 4.44. The maximum atomic E-state index is 13.0. The number of imidazole rings is 1. The molecule has 0 radical (unpaired) electrons. The van der Waals surface area contributed by atoms with Crippen LogP contribution in [0.4, 0.5) is 0 Å². The van der Waals surface area contributed by atoms with E-state index in [1.165, 1.54) is 0 Å². The third-order valence-electron chi connectivity index (χ3n) is 5.36. The Balaban J connectivity index is 1.58. The number of aromatic amines is 1. The molecule has 6 nitrogen and oxygen atoms in total. The first-order valence-electron chi connectivity index (χ1n) is 9.14. The largest absolute Gasteiger partial charge is 0.326 e. The Morgan fingerprint density at radius 3 is 2.44 bits per heavy atom. The molecule has 1 N–H and O–H groups in total. The minimum Gasteiger partial charge on any atom is -0.306 e. The Bertz CT molecular complexity index is 1150. The van der Waals surface area contributed by atoms with E-state index in [9.17, 15) is 13.2 Å². The summed E-state index contributed by atoms with van der Waals surface area (Å²) in [6.45, 7) is 4.60. The van der Waals surface area contributed by atoms with Gasteiger partial charge in [0.15, 0.2) is 0 Å². The first kappa shape index (κ1) is 18.0. The Hall–Kier alpha value is -2.38. The molecule has 0 amide bonds. The van der Waals surface area contributed by atoms with E-state index in [1.54, 1.807) is 14.9 Å². The number of hydrogen-bond acceptors (Lipinski definition) is 3. The molecule has 3 aromatic rings. The fourth-order valence-electron chi connectivity index (χ4n) is 4.01. The van der Waals surface area contributed by atoms with Gasteiger partial charge in [0.25, 0.3) is 0 Å². The Labute approximate surface area is 158 Å². The number of aryl methyl sites for hydroxylation is 2. The smallest absolute Gasteiger partial charge is 0.306 e. The lowest BCUT2D eigenvalue weighted by Crippen LogP contribution is -2.40. The summed E-state index contributed by atoms with van der Waals surface area (Å²) in [5.74, 6) is 0. The topological polar surface area (TPSA) is 75.2 Å². The van der Waals surface area contributed by atoms with E-state index in [-0.39, 0.29) is 11.7 Å². The minimum atomic E-state index is -3.52. The highest BCUT2D eigenvalue weighted by Crippen LogP contribution is 2.29. The number of fused-ring (bicyclic) bond motifs is 1. The van der Waals surface area contributed by atoms with Crippen LogP contribution >= 0.6 is 0 Å². The highest BCUT2D eigenvalue weighted by atomic mass is 32.2. The van der Waals surface area contributed by atoms with Crippen LogP contribution in [-0.4, -0.2) is 35.4 Å². The maximum Gasteiger partial charge on any atom is 0.326 e. The van der Waals surface area contributed by atoms with Crippen LogP contribution < -0.4 is 5.69 Å². The average Bonchev–Trinajstić information content (AvgIpc) is 2.97. The summed E-state index contributed by atoms with van der Waals surface area (Å²) in [4.78, 5) is 15.6. The van der Waals surface area contributed by atoms with Crippen molar-refractivity contribution in [2.45, 2.75) is 37.6 Å². The molecule has 0 aliphatic carbocycles. The van der Waals surface area contributed by atoms with Gasteiger partial charge in [-0.2, -0.15) is 4.31 Å². The van der Waals surface area contributed by atoms with Crippen molar-refractivity contribution in [3.63, 3.8) is 0 Å². The lowest BCUT2D eigenvalue weighted by atomic mass is 10.1. The normalized spacial score (nSPS) is 16.8. The van der Waals surface area contributed by atoms with Gasteiger partial charge in [0.2, 0.25) is 10.0 Å². The second-order valence-electron chi connectivity index (χ2n) is 7.22. The number of aromatic nitrogens is 2. The lowest BCUT2D eigenvalue weighted by Gasteiger charge is -2.32. The van der Waals surface area contributed by atoms with E-state index in [4.69, 9.17) is 0 Å². The van der Waals surface area contributed by atoms with Crippen molar-refractivity contribution < 1.29 is 8.42 Å². The molecule has 1 aromatic heterocycles. The number of para-hydroxylation sites is 2. The molecule has 7 heteroatoms. The summed E-state index contributed by atoms with van der Waals surface area (Å²) in [7, 11) is -3.52. The van der Waals surface area contributed by atoms with Gasteiger partial charge in [0.05, 0.1) is 15.9 Å². The number of nitrogens with zero attached hydrogens (tertiary/aromatic N) is 2. The zero-order valence-electron chi connectivity index (χ0n) is 15.5. The molecule has 4 rings (SSSR count). The lowest BCUT2D eigenvalue weighted by molar-refractivity contribution is 0.274. The summed E-state index contributed by atoms with van der Waals surface area (Å²) in [5.41, 5.74) is 3.37. The molecule has 1 fully saturated rings.